The van der Waals surface area contributed by atoms with E-state index in [0.29, 0.717) is 5.75 Å². The third-order valence-electron chi connectivity index (χ3n) is 3.64. The molecule has 0 heterocycles. The van der Waals surface area contributed by atoms with Crippen molar-refractivity contribution in [2.75, 3.05) is 13.7 Å². The fourth-order valence-electron chi connectivity index (χ4n) is 2.52. The van der Waals surface area contributed by atoms with Crippen LogP contribution in [0.3, 0.4) is 0 Å². The van der Waals surface area contributed by atoms with E-state index in [0.717, 1.165) is 24.9 Å². The monoisotopic (exact) mass is 281 g/mol. The van der Waals surface area contributed by atoms with Crippen LogP contribution in [0.2, 0.25) is 0 Å². The first-order chi connectivity index (χ1) is 9.74. The Kier molecular flexibility index (Phi) is 8.28. The molecule has 1 rings (SSSR count). The highest BCUT2D eigenvalue weighted by Gasteiger charge is 2.17. The highest BCUT2D eigenvalue weighted by atomic mass is 19.1. The average molecular weight is 281 g/mol. The van der Waals surface area contributed by atoms with E-state index in [1.54, 1.807) is 6.07 Å². The van der Waals surface area contributed by atoms with Crippen molar-refractivity contribution in [3.63, 3.8) is 0 Å². The number of nitrogens with one attached hydrogen (secondary N) is 1. The third-order valence-corrected chi connectivity index (χ3v) is 3.64. The Bertz CT molecular complexity index is 381. The Hall–Kier alpha value is -1.09. The molecule has 1 aromatic carbocycles. The van der Waals surface area contributed by atoms with Crippen molar-refractivity contribution >= 4 is 0 Å². The van der Waals surface area contributed by atoms with Gasteiger partial charge in [-0.1, -0.05) is 58.1 Å². The maximum atomic E-state index is 14.3. The van der Waals surface area contributed by atoms with E-state index in [4.69, 9.17) is 4.74 Å². The fourth-order valence-corrected chi connectivity index (χ4v) is 2.52. The molecule has 1 unspecified atom stereocenters. The van der Waals surface area contributed by atoms with Crippen molar-refractivity contribution < 1.29 is 9.13 Å². The lowest BCUT2D eigenvalue weighted by Crippen LogP contribution is -2.22. The minimum atomic E-state index is -0.227. The van der Waals surface area contributed by atoms with E-state index in [1.807, 2.05) is 12.1 Å². The highest BCUT2D eigenvalue weighted by molar-refractivity contribution is 5.33. The molecule has 3 heteroatoms. The van der Waals surface area contributed by atoms with Crippen LogP contribution in [-0.2, 0) is 0 Å². The maximum Gasteiger partial charge on any atom is 0.169 e. The third kappa shape index (κ3) is 5.12. The molecule has 1 atom stereocenters. The van der Waals surface area contributed by atoms with Crippen LogP contribution >= 0.6 is 0 Å². The first kappa shape index (κ1) is 17.0. The van der Waals surface area contributed by atoms with Gasteiger partial charge in [-0.2, -0.15) is 0 Å². The number of unbranched alkanes of at least 4 members (excludes halogenated alkanes) is 4. The van der Waals surface area contributed by atoms with Crippen molar-refractivity contribution in [2.24, 2.45) is 0 Å². The normalized spacial score (nSPS) is 12.4. The zero-order chi connectivity index (χ0) is 14.8. The second-order valence-electron chi connectivity index (χ2n) is 5.18. The Labute approximate surface area is 122 Å². The molecule has 1 N–H and O–H groups in total. The summed E-state index contributed by atoms with van der Waals surface area (Å²) < 4.78 is 19.4. The van der Waals surface area contributed by atoms with Crippen LogP contribution in [0, 0.1) is 5.82 Å². The summed E-state index contributed by atoms with van der Waals surface area (Å²) in [5.74, 6) is 0.103. The van der Waals surface area contributed by atoms with Crippen molar-refractivity contribution in [3.8, 4) is 5.75 Å². The van der Waals surface area contributed by atoms with Crippen LogP contribution in [0.1, 0.15) is 64.0 Å². The van der Waals surface area contributed by atoms with Gasteiger partial charge in [-0.25, -0.2) is 4.39 Å². The van der Waals surface area contributed by atoms with Crippen LogP contribution in [0.5, 0.6) is 5.75 Å². The SMILES string of the molecule is CCCCCCCC(NCC)c1cccc(OC)c1F. The van der Waals surface area contributed by atoms with Gasteiger partial charge in [0.2, 0.25) is 0 Å². The summed E-state index contributed by atoms with van der Waals surface area (Å²) in [7, 11) is 1.51. The molecule has 0 saturated carbocycles. The summed E-state index contributed by atoms with van der Waals surface area (Å²) in [4.78, 5) is 0. The first-order valence-electron chi connectivity index (χ1n) is 7.80. The molecule has 0 fully saturated rings. The van der Waals surface area contributed by atoms with Crippen LogP contribution in [0.15, 0.2) is 18.2 Å². The molecule has 1 aromatic rings. The first-order valence-corrected chi connectivity index (χ1v) is 7.80. The summed E-state index contributed by atoms with van der Waals surface area (Å²) in [6, 6.07) is 5.47. The number of ether oxygens (including phenoxy) is 1. The number of benzene rings is 1. The maximum absolute atomic E-state index is 14.3. The molecule has 0 aliphatic rings. The Morgan fingerprint density at radius 1 is 1.15 bits per heavy atom. The Morgan fingerprint density at radius 2 is 1.90 bits per heavy atom. The van der Waals surface area contributed by atoms with Crippen molar-refractivity contribution in [1.82, 2.24) is 5.32 Å². The molecule has 2 nitrogen and oxygen atoms in total. The van der Waals surface area contributed by atoms with E-state index in [2.05, 4.69) is 19.2 Å². The van der Waals surface area contributed by atoms with Crippen molar-refractivity contribution in [1.29, 1.82) is 0 Å². The van der Waals surface area contributed by atoms with E-state index in [-0.39, 0.29) is 11.9 Å². The van der Waals surface area contributed by atoms with Gasteiger partial charge in [-0.3, -0.25) is 0 Å². The molecule has 0 aromatic heterocycles. The molecule has 0 radical (unpaired) electrons. The van der Waals surface area contributed by atoms with E-state index in [1.165, 1.54) is 32.8 Å². The minimum absolute atomic E-state index is 0.0803. The molecule has 0 bridgehead atoms. The smallest absolute Gasteiger partial charge is 0.169 e. The van der Waals surface area contributed by atoms with Gasteiger partial charge in [0.15, 0.2) is 11.6 Å². The largest absolute Gasteiger partial charge is 0.494 e. The van der Waals surface area contributed by atoms with Crippen molar-refractivity contribution in [3.05, 3.63) is 29.6 Å². The average Bonchev–Trinajstić information content (AvgIpc) is 2.46. The quantitative estimate of drug-likeness (QED) is 0.619. The molecular weight excluding hydrogens is 253 g/mol. The fraction of sp³-hybridized carbons (Fsp3) is 0.647. The molecule has 0 spiro atoms. The summed E-state index contributed by atoms with van der Waals surface area (Å²) in [5.41, 5.74) is 0.724. The van der Waals surface area contributed by atoms with Gasteiger partial charge in [0, 0.05) is 11.6 Å². The standard InChI is InChI=1S/C17H28FNO/c1-4-6-7-8-9-12-15(19-5-2)14-11-10-13-16(20-3)17(14)18/h10-11,13,15,19H,4-9,12H2,1-3H3. The van der Waals surface area contributed by atoms with Gasteiger partial charge in [0.1, 0.15) is 0 Å². The zero-order valence-corrected chi connectivity index (χ0v) is 13.0. The van der Waals surface area contributed by atoms with E-state index in [9.17, 15) is 4.39 Å². The Morgan fingerprint density at radius 3 is 2.55 bits per heavy atom. The van der Waals surface area contributed by atoms with Gasteiger partial charge < -0.3 is 10.1 Å². The summed E-state index contributed by atoms with van der Waals surface area (Å²) >= 11 is 0. The number of methoxy groups -OCH3 is 1. The minimum Gasteiger partial charge on any atom is -0.494 e. The lowest BCUT2D eigenvalue weighted by atomic mass is 9.99. The highest BCUT2D eigenvalue weighted by Crippen LogP contribution is 2.28. The number of halogens is 1. The Balaban J connectivity index is 2.65. The number of hydrogen-bond acceptors (Lipinski definition) is 2. The molecular formula is C17H28FNO. The molecule has 0 aliphatic carbocycles. The van der Waals surface area contributed by atoms with Gasteiger partial charge in [-0.15, -0.1) is 0 Å². The van der Waals surface area contributed by atoms with Crippen LogP contribution < -0.4 is 10.1 Å². The van der Waals surface area contributed by atoms with Gasteiger partial charge in [0.05, 0.1) is 7.11 Å². The second kappa shape index (κ2) is 9.76. The van der Waals surface area contributed by atoms with Crippen molar-refractivity contribution in [2.45, 2.75) is 58.4 Å². The molecule has 114 valence electrons. The molecule has 0 amide bonds. The predicted octanol–water partition coefficient (Wildman–Crippen LogP) is 4.85. The van der Waals surface area contributed by atoms with Crippen LogP contribution in [0.25, 0.3) is 0 Å². The van der Waals surface area contributed by atoms with Gasteiger partial charge in [0.25, 0.3) is 0 Å². The zero-order valence-electron chi connectivity index (χ0n) is 13.0. The van der Waals surface area contributed by atoms with Gasteiger partial charge >= 0.3 is 0 Å². The summed E-state index contributed by atoms with van der Waals surface area (Å²) in [5, 5.41) is 3.39. The number of hydrogen-bond donors (Lipinski definition) is 1. The number of rotatable bonds is 10. The van der Waals surface area contributed by atoms with E-state index < -0.39 is 0 Å². The molecule has 20 heavy (non-hydrogen) atoms. The molecule has 0 saturated heterocycles. The van der Waals surface area contributed by atoms with Crippen LogP contribution in [0.4, 0.5) is 4.39 Å². The summed E-state index contributed by atoms with van der Waals surface area (Å²) in [6.45, 7) is 5.12. The summed E-state index contributed by atoms with van der Waals surface area (Å²) in [6.07, 6.45) is 7.15. The predicted molar refractivity (Wildman–Crippen MR) is 82.7 cm³/mol. The van der Waals surface area contributed by atoms with Gasteiger partial charge in [-0.05, 0) is 19.0 Å². The molecule has 0 aliphatic heterocycles. The lowest BCUT2D eigenvalue weighted by Gasteiger charge is -2.20. The van der Waals surface area contributed by atoms with Crippen LogP contribution in [-0.4, -0.2) is 13.7 Å². The van der Waals surface area contributed by atoms with E-state index >= 15 is 0 Å². The lowest BCUT2D eigenvalue weighted by molar-refractivity contribution is 0.376. The second-order valence-corrected chi connectivity index (χ2v) is 5.18. The topological polar surface area (TPSA) is 21.3 Å².